The van der Waals surface area contributed by atoms with Crippen molar-refractivity contribution >= 4 is 35.1 Å². The van der Waals surface area contributed by atoms with E-state index in [1.54, 1.807) is 11.8 Å². The fourth-order valence-electron chi connectivity index (χ4n) is 0.980. The average Bonchev–Trinajstić information content (AvgIpc) is 2.43. The van der Waals surface area contributed by atoms with Crippen LogP contribution in [0.1, 0.15) is 0 Å². The molecule has 12 heavy (non-hydrogen) atoms. The summed E-state index contributed by atoms with van der Waals surface area (Å²) < 4.78 is 10.3. The molecule has 4 heteroatoms. The Morgan fingerprint density at radius 3 is 2.75 bits per heavy atom. The molecule has 2 aromatic rings. The predicted octanol–water partition coefficient (Wildman–Crippen LogP) is 3.48. The van der Waals surface area contributed by atoms with Gasteiger partial charge in [0.1, 0.15) is 0 Å². The minimum absolute atomic E-state index is 0.184. The molecule has 2 nitrogen and oxygen atoms in total. The third kappa shape index (κ3) is 1.28. The zero-order valence-electron chi connectivity index (χ0n) is 6.37. The van der Waals surface area contributed by atoms with E-state index < -0.39 is 0 Å². The highest BCUT2D eigenvalue weighted by Gasteiger charge is 2.01. The van der Waals surface area contributed by atoms with Crippen molar-refractivity contribution in [2.45, 2.75) is 4.90 Å². The minimum Gasteiger partial charge on any atom is -0.413 e. The minimum atomic E-state index is 0.184. The second-order valence-electron chi connectivity index (χ2n) is 2.27. The van der Waals surface area contributed by atoms with Crippen molar-refractivity contribution in [2.75, 3.05) is 6.26 Å². The Bertz CT molecular complexity index is 455. The maximum atomic E-state index is 5.15. The van der Waals surface area contributed by atoms with Gasteiger partial charge in [0, 0.05) is 17.1 Å². The van der Waals surface area contributed by atoms with Crippen molar-refractivity contribution in [3.8, 4) is 0 Å². The Morgan fingerprint density at radius 1 is 1.25 bits per heavy atom. The van der Waals surface area contributed by atoms with Gasteiger partial charge >= 0.3 is 4.90 Å². The van der Waals surface area contributed by atoms with E-state index in [9.17, 15) is 0 Å². The summed E-state index contributed by atoms with van der Waals surface area (Å²) in [5.74, 6) is 0. The molecule has 0 aliphatic carbocycles. The zero-order chi connectivity index (χ0) is 8.55. The molecule has 0 amide bonds. The van der Waals surface area contributed by atoms with Gasteiger partial charge in [0.2, 0.25) is 0 Å². The molecular weight excluding hydrogens is 192 g/mol. The van der Waals surface area contributed by atoms with Crippen LogP contribution in [0.3, 0.4) is 0 Å². The average molecular weight is 198 g/mol. The monoisotopic (exact) mass is 198 g/mol. The van der Waals surface area contributed by atoms with Crippen LogP contribution in [0.5, 0.6) is 0 Å². The van der Waals surface area contributed by atoms with Gasteiger partial charge in [-0.25, -0.2) is 0 Å². The Balaban J connectivity index is 2.74. The summed E-state index contributed by atoms with van der Waals surface area (Å²) in [7, 11) is 0. The largest absolute Gasteiger partial charge is 0.413 e. The summed E-state index contributed by atoms with van der Waals surface area (Å²) in [4.78, 5) is 1.32. The Morgan fingerprint density at radius 2 is 2.00 bits per heavy atom. The first-order valence-electron chi connectivity index (χ1n) is 3.37. The van der Waals surface area contributed by atoms with Crippen molar-refractivity contribution in [3.05, 3.63) is 23.1 Å². The molecule has 0 saturated carbocycles. The summed E-state index contributed by atoms with van der Waals surface area (Å²) >= 11 is 6.41. The third-order valence-electron chi connectivity index (χ3n) is 1.54. The molecule has 1 heterocycles. The van der Waals surface area contributed by atoms with E-state index >= 15 is 0 Å². The molecule has 1 aromatic carbocycles. The molecule has 0 unspecified atom stereocenters. The van der Waals surface area contributed by atoms with Gasteiger partial charge in [0.15, 0.2) is 11.2 Å². The van der Waals surface area contributed by atoms with Crippen LogP contribution in [0, 0.1) is 4.90 Å². The van der Waals surface area contributed by atoms with Gasteiger partial charge in [-0.05, 0) is 24.5 Å². The molecule has 1 aromatic heterocycles. The van der Waals surface area contributed by atoms with Crippen molar-refractivity contribution in [2.24, 2.45) is 0 Å². The number of benzene rings is 1. The van der Waals surface area contributed by atoms with E-state index in [-0.39, 0.29) is 4.90 Å². The highest BCUT2D eigenvalue weighted by atomic mass is 32.2. The molecule has 0 N–H and O–H groups in total. The van der Waals surface area contributed by atoms with E-state index in [1.165, 1.54) is 0 Å². The SMILES string of the molecule is CSc1ccc2oc(=S)oc2c1. The van der Waals surface area contributed by atoms with E-state index in [2.05, 4.69) is 0 Å². The molecule has 0 fully saturated rings. The lowest BCUT2D eigenvalue weighted by Gasteiger charge is -1.91. The van der Waals surface area contributed by atoms with Crippen LogP contribution in [0.2, 0.25) is 0 Å². The first-order valence-corrected chi connectivity index (χ1v) is 5.00. The van der Waals surface area contributed by atoms with Gasteiger partial charge in [-0.3, -0.25) is 0 Å². The quantitative estimate of drug-likeness (QED) is 0.517. The molecule has 0 spiro atoms. The van der Waals surface area contributed by atoms with Crippen molar-refractivity contribution in [3.63, 3.8) is 0 Å². The molecule has 0 aliphatic rings. The fourth-order valence-corrected chi connectivity index (χ4v) is 1.59. The highest BCUT2D eigenvalue weighted by molar-refractivity contribution is 7.98. The smallest absolute Gasteiger partial charge is 0.363 e. The van der Waals surface area contributed by atoms with Crippen LogP contribution < -0.4 is 0 Å². The number of fused-ring (bicyclic) bond motifs is 1. The van der Waals surface area contributed by atoms with E-state index in [0.29, 0.717) is 11.2 Å². The lowest BCUT2D eigenvalue weighted by molar-refractivity contribution is 0.443. The van der Waals surface area contributed by atoms with Gasteiger partial charge in [0.25, 0.3) is 0 Å². The normalized spacial score (nSPS) is 10.8. The van der Waals surface area contributed by atoms with Crippen LogP contribution in [0.4, 0.5) is 0 Å². The summed E-state index contributed by atoms with van der Waals surface area (Å²) in [5, 5.41) is 0. The van der Waals surface area contributed by atoms with Gasteiger partial charge < -0.3 is 8.83 Å². The molecule has 0 saturated heterocycles. The molecule has 62 valence electrons. The van der Waals surface area contributed by atoms with Crippen molar-refractivity contribution in [1.82, 2.24) is 0 Å². The van der Waals surface area contributed by atoms with Crippen LogP contribution >= 0.6 is 24.0 Å². The molecule has 0 bridgehead atoms. The standard InChI is InChI=1S/C8H6O2S2/c1-12-5-2-3-6-7(4-5)10-8(11)9-6/h2-4H,1H3. The maximum absolute atomic E-state index is 5.15. The highest BCUT2D eigenvalue weighted by Crippen LogP contribution is 2.23. The van der Waals surface area contributed by atoms with Gasteiger partial charge in [0.05, 0.1) is 0 Å². The first-order chi connectivity index (χ1) is 5.79. The second kappa shape index (κ2) is 2.95. The van der Waals surface area contributed by atoms with Crippen LogP contribution in [0.15, 0.2) is 31.9 Å². The number of thioether (sulfide) groups is 1. The lowest BCUT2D eigenvalue weighted by atomic mass is 10.3. The van der Waals surface area contributed by atoms with Crippen LogP contribution in [-0.4, -0.2) is 6.26 Å². The Hall–Kier alpha value is -0.740. The summed E-state index contributed by atoms with van der Waals surface area (Å²) in [6.45, 7) is 0. The van der Waals surface area contributed by atoms with Gasteiger partial charge in [-0.15, -0.1) is 11.8 Å². The molecule has 0 aliphatic heterocycles. The van der Waals surface area contributed by atoms with Crippen LogP contribution in [-0.2, 0) is 0 Å². The number of hydrogen-bond donors (Lipinski definition) is 0. The molecule has 2 rings (SSSR count). The number of rotatable bonds is 1. The summed E-state index contributed by atoms with van der Waals surface area (Å²) in [5.41, 5.74) is 1.42. The second-order valence-corrected chi connectivity index (χ2v) is 3.48. The number of hydrogen-bond acceptors (Lipinski definition) is 4. The van der Waals surface area contributed by atoms with E-state index in [0.717, 1.165) is 4.90 Å². The van der Waals surface area contributed by atoms with E-state index in [4.69, 9.17) is 21.1 Å². The van der Waals surface area contributed by atoms with Gasteiger partial charge in [-0.2, -0.15) is 0 Å². The topological polar surface area (TPSA) is 26.3 Å². The Labute approximate surface area is 78.6 Å². The van der Waals surface area contributed by atoms with Gasteiger partial charge in [-0.1, -0.05) is 0 Å². The van der Waals surface area contributed by atoms with Crippen LogP contribution in [0.25, 0.3) is 11.2 Å². The Kier molecular flexibility index (Phi) is 1.94. The summed E-state index contributed by atoms with van der Waals surface area (Å²) in [6.07, 6.45) is 2.01. The first kappa shape index (κ1) is 7.89. The molecule has 0 radical (unpaired) electrons. The summed E-state index contributed by atoms with van der Waals surface area (Å²) in [6, 6.07) is 5.75. The lowest BCUT2D eigenvalue weighted by Crippen LogP contribution is -1.67. The predicted molar refractivity (Wildman–Crippen MR) is 51.1 cm³/mol. The van der Waals surface area contributed by atoms with Crippen molar-refractivity contribution < 1.29 is 8.83 Å². The van der Waals surface area contributed by atoms with Crippen molar-refractivity contribution in [1.29, 1.82) is 0 Å². The fraction of sp³-hybridized carbons (Fsp3) is 0.125. The molecule has 0 atom stereocenters. The van der Waals surface area contributed by atoms with E-state index in [1.807, 2.05) is 24.5 Å². The third-order valence-corrected chi connectivity index (χ3v) is 2.43. The maximum Gasteiger partial charge on any atom is 0.363 e. The molecular formula is C8H6O2S2. The zero-order valence-corrected chi connectivity index (χ0v) is 8.00.